The molecule has 138 valence electrons. The summed E-state index contributed by atoms with van der Waals surface area (Å²) < 4.78 is 5.43. The standard InChI is InChI=1S/C18H29N5O2/c1-12(2)25-11-16(24)21-15-10-23(9-14(15)13-5-6-13)18-17(22(3)4)19-7-8-20-18/h7-8,12-15H,5-6,9-11H2,1-4H3,(H,21,24)/t14-,15+/m1/s1. The van der Waals surface area contributed by atoms with Gasteiger partial charge in [-0.3, -0.25) is 4.79 Å². The number of carbonyl (C=O) groups is 1. The Balaban J connectivity index is 1.70. The van der Waals surface area contributed by atoms with Crippen molar-refractivity contribution in [2.45, 2.75) is 38.8 Å². The largest absolute Gasteiger partial charge is 0.369 e. The maximum absolute atomic E-state index is 12.2. The van der Waals surface area contributed by atoms with E-state index in [0.29, 0.717) is 11.8 Å². The third kappa shape index (κ3) is 4.39. The Bertz CT molecular complexity index is 603. The van der Waals surface area contributed by atoms with Gasteiger partial charge in [0.25, 0.3) is 0 Å². The molecule has 2 fully saturated rings. The number of ether oxygens (including phenoxy) is 1. The Morgan fingerprint density at radius 3 is 2.68 bits per heavy atom. The molecule has 1 aliphatic carbocycles. The van der Waals surface area contributed by atoms with Crippen LogP contribution >= 0.6 is 0 Å². The molecule has 0 spiro atoms. The van der Waals surface area contributed by atoms with E-state index < -0.39 is 0 Å². The molecule has 2 atom stereocenters. The Kier molecular flexibility index (Phi) is 5.42. The molecule has 0 aromatic carbocycles. The molecule has 3 rings (SSSR count). The molecular formula is C18H29N5O2. The summed E-state index contributed by atoms with van der Waals surface area (Å²) in [6, 6.07) is 0.146. The van der Waals surface area contributed by atoms with Crippen molar-refractivity contribution in [3.63, 3.8) is 0 Å². The van der Waals surface area contributed by atoms with E-state index in [2.05, 4.69) is 20.2 Å². The first-order chi connectivity index (χ1) is 12.0. The van der Waals surface area contributed by atoms with E-state index in [1.54, 1.807) is 12.4 Å². The van der Waals surface area contributed by atoms with Crippen molar-refractivity contribution in [1.29, 1.82) is 0 Å². The van der Waals surface area contributed by atoms with Crippen LogP contribution in [0, 0.1) is 11.8 Å². The van der Waals surface area contributed by atoms with E-state index in [4.69, 9.17) is 4.74 Å². The number of carbonyl (C=O) groups excluding carboxylic acids is 1. The topological polar surface area (TPSA) is 70.6 Å². The van der Waals surface area contributed by atoms with Crippen LogP contribution in [0.25, 0.3) is 0 Å². The minimum Gasteiger partial charge on any atom is -0.369 e. The second kappa shape index (κ2) is 7.56. The van der Waals surface area contributed by atoms with Gasteiger partial charge < -0.3 is 19.9 Å². The van der Waals surface area contributed by atoms with Crippen LogP contribution in [0.5, 0.6) is 0 Å². The minimum absolute atomic E-state index is 0.0295. The molecule has 25 heavy (non-hydrogen) atoms. The van der Waals surface area contributed by atoms with Crippen molar-refractivity contribution in [3.05, 3.63) is 12.4 Å². The molecule has 1 N–H and O–H groups in total. The zero-order chi connectivity index (χ0) is 18.0. The van der Waals surface area contributed by atoms with Crippen LogP contribution < -0.4 is 15.1 Å². The molecule has 7 heteroatoms. The van der Waals surface area contributed by atoms with Gasteiger partial charge in [0.1, 0.15) is 6.61 Å². The molecule has 1 aromatic heterocycles. The quantitative estimate of drug-likeness (QED) is 0.802. The zero-order valence-electron chi connectivity index (χ0n) is 15.6. The first-order valence-corrected chi connectivity index (χ1v) is 9.10. The lowest BCUT2D eigenvalue weighted by Crippen LogP contribution is -2.43. The van der Waals surface area contributed by atoms with Crippen LogP contribution in [0.1, 0.15) is 26.7 Å². The molecule has 0 unspecified atom stereocenters. The van der Waals surface area contributed by atoms with Crippen LogP contribution in [0.15, 0.2) is 12.4 Å². The smallest absolute Gasteiger partial charge is 0.246 e. The maximum atomic E-state index is 12.2. The number of amides is 1. The van der Waals surface area contributed by atoms with Gasteiger partial charge >= 0.3 is 0 Å². The number of nitrogens with one attached hydrogen (secondary N) is 1. The highest BCUT2D eigenvalue weighted by molar-refractivity contribution is 5.78. The average molecular weight is 347 g/mol. The van der Waals surface area contributed by atoms with Crippen molar-refractivity contribution in [1.82, 2.24) is 15.3 Å². The highest BCUT2D eigenvalue weighted by atomic mass is 16.5. The normalized spacial score (nSPS) is 23.2. The molecule has 0 bridgehead atoms. The second-order valence-corrected chi connectivity index (χ2v) is 7.54. The van der Waals surface area contributed by atoms with Crippen LogP contribution in [0.4, 0.5) is 11.6 Å². The predicted molar refractivity (Wildman–Crippen MR) is 97.8 cm³/mol. The molecule has 1 saturated heterocycles. The van der Waals surface area contributed by atoms with Crippen LogP contribution in [-0.4, -0.2) is 61.8 Å². The van der Waals surface area contributed by atoms with Crippen molar-refractivity contribution in [2.24, 2.45) is 11.8 Å². The summed E-state index contributed by atoms with van der Waals surface area (Å²) in [5.74, 6) is 2.92. The molecule has 7 nitrogen and oxygen atoms in total. The Labute approximate surface area is 149 Å². The molecule has 2 aliphatic rings. The maximum Gasteiger partial charge on any atom is 0.246 e. The van der Waals surface area contributed by atoms with Crippen LogP contribution in [0.2, 0.25) is 0 Å². The number of hydrogen-bond acceptors (Lipinski definition) is 6. The highest BCUT2D eigenvalue weighted by Gasteiger charge is 2.44. The average Bonchev–Trinajstić information content (AvgIpc) is 3.34. The second-order valence-electron chi connectivity index (χ2n) is 7.54. The third-order valence-corrected chi connectivity index (χ3v) is 4.87. The number of nitrogens with zero attached hydrogens (tertiary/aromatic N) is 4. The zero-order valence-corrected chi connectivity index (χ0v) is 15.6. The summed E-state index contributed by atoms with van der Waals surface area (Å²) in [6.07, 6.45) is 6.03. The molecule has 1 aliphatic heterocycles. The van der Waals surface area contributed by atoms with Gasteiger partial charge in [0.15, 0.2) is 11.6 Å². The molecular weight excluding hydrogens is 318 g/mol. The summed E-state index contributed by atoms with van der Waals surface area (Å²) in [7, 11) is 3.95. The first-order valence-electron chi connectivity index (χ1n) is 9.10. The van der Waals surface area contributed by atoms with E-state index >= 15 is 0 Å². The fourth-order valence-corrected chi connectivity index (χ4v) is 3.51. The summed E-state index contributed by atoms with van der Waals surface area (Å²) in [5, 5.41) is 3.19. The van der Waals surface area contributed by atoms with Crippen LogP contribution in [0.3, 0.4) is 0 Å². The SMILES string of the molecule is CC(C)OCC(=O)N[C@H]1CN(c2nccnc2N(C)C)C[C@@H]1C1CC1. The molecule has 2 heterocycles. The highest BCUT2D eigenvalue weighted by Crippen LogP contribution is 2.42. The summed E-state index contributed by atoms with van der Waals surface area (Å²) >= 11 is 0. The van der Waals surface area contributed by atoms with Crippen molar-refractivity contribution < 1.29 is 9.53 Å². The van der Waals surface area contributed by atoms with E-state index in [1.165, 1.54) is 12.8 Å². The lowest BCUT2D eigenvalue weighted by molar-refractivity contribution is -0.128. The van der Waals surface area contributed by atoms with Gasteiger partial charge in [0.05, 0.1) is 12.1 Å². The Morgan fingerprint density at radius 1 is 1.32 bits per heavy atom. The van der Waals surface area contributed by atoms with Gasteiger partial charge in [-0.1, -0.05) is 0 Å². The monoisotopic (exact) mass is 347 g/mol. The summed E-state index contributed by atoms with van der Waals surface area (Å²) in [5.41, 5.74) is 0. The predicted octanol–water partition coefficient (Wildman–Crippen LogP) is 1.30. The summed E-state index contributed by atoms with van der Waals surface area (Å²) in [6.45, 7) is 5.69. The minimum atomic E-state index is -0.0295. The number of anilines is 2. The van der Waals surface area contributed by atoms with Gasteiger partial charge in [0.2, 0.25) is 5.91 Å². The number of aromatic nitrogens is 2. The van der Waals surface area contributed by atoms with Crippen molar-refractivity contribution in [2.75, 3.05) is 43.6 Å². The fourth-order valence-electron chi connectivity index (χ4n) is 3.51. The lowest BCUT2D eigenvalue weighted by Gasteiger charge is -2.23. The number of rotatable bonds is 7. The van der Waals surface area contributed by atoms with E-state index in [0.717, 1.165) is 24.7 Å². The van der Waals surface area contributed by atoms with E-state index in [-0.39, 0.29) is 24.7 Å². The molecule has 1 aromatic rings. The Hall–Kier alpha value is -1.89. The van der Waals surface area contributed by atoms with Gasteiger partial charge in [-0.15, -0.1) is 0 Å². The van der Waals surface area contributed by atoms with Crippen molar-refractivity contribution >= 4 is 17.5 Å². The van der Waals surface area contributed by atoms with Gasteiger partial charge in [-0.25, -0.2) is 9.97 Å². The number of hydrogen-bond donors (Lipinski definition) is 1. The van der Waals surface area contributed by atoms with E-state index in [1.807, 2.05) is 32.8 Å². The van der Waals surface area contributed by atoms with E-state index in [9.17, 15) is 4.79 Å². The Morgan fingerprint density at radius 2 is 2.04 bits per heavy atom. The fraction of sp³-hybridized carbons (Fsp3) is 0.722. The molecule has 1 amide bonds. The molecule has 0 radical (unpaired) electrons. The van der Waals surface area contributed by atoms with Crippen LogP contribution in [-0.2, 0) is 9.53 Å². The van der Waals surface area contributed by atoms with Crippen molar-refractivity contribution in [3.8, 4) is 0 Å². The molecule has 1 saturated carbocycles. The van der Waals surface area contributed by atoms with Gasteiger partial charge in [0, 0.05) is 45.5 Å². The first kappa shape index (κ1) is 17.9. The van der Waals surface area contributed by atoms with Gasteiger partial charge in [-0.05, 0) is 32.6 Å². The third-order valence-electron chi connectivity index (χ3n) is 4.87. The van der Waals surface area contributed by atoms with Gasteiger partial charge in [-0.2, -0.15) is 0 Å². The lowest BCUT2D eigenvalue weighted by atomic mass is 9.98. The summed E-state index contributed by atoms with van der Waals surface area (Å²) in [4.78, 5) is 25.5.